The summed E-state index contributed by atoms with van der Waals surface area (Å²) in [6.45, 7) is 1.97. The molecule has 0 N–H and O–H groups in total. The van der Waals surface area contributed by atoms with Gasteiger partial charge in [0.05, 0.1) is 6.61 Å². The number of rotatable bonds is 3. The summed E-state index contributed by atoms with van der Waals surface area (Å²) in [5.74, 6) is -0.501. The van der Waals surface area contributed by atoms with E-state index in [0.717, 1.165) is 0 Å². The van der Waals surface area contributed by atoms with Crippen LogP contribution in [0.5, 0.6) is 0 Å². The number of hydrogen-bond donors (Lipinski definition) is 0. The first kappa shape index (κ1) is 9.32. The third kappa shape index (κ3) is 1.88. The fourth-order valence-corrected chi connectivity index (χ4v) is 1.03. The van der Waals surface area contributed by atoms with Crippen LogP contribution in [0.15, 0.2) is 0 Å². The summed E-state index contributed by atoms with van der Waals surface area (Å²) in [6.07, 6.45) is 1.01. The molecule has 0 saturated heterocycles. The average Bonchev–Trinajstić information content (AvgIpc) is 2.69. The molecule has 0 aromatic rings. The summed E-state index contributed by atoms with van der Waals surface area (Å²) in [5.41, 5.74) is -2.02. The van der Waals surface area contributed by atoms with Gasteiger partial charge in [-0.25, -0.2) is 9.59 Å². The van der Waals surface area contributed by atoms with E-state index in [0.29, 0.717) is 12.8 Å². The number of halogens is 1. The van der Waals surface area contributed by atoms with E-state index in [1.807, 2.05) is 0 Å². The molecule has 0 aromatic heterocycles. The molecule has 0 unspecified atom stereocenters. The van der Waals surface area contributed by atoms with Crippen LogP contribution in [0.4, 0.5) is 4.79 Å². The van der Waals surface area contributed by atoms with Crippen LogP contribution in [0.25, 0.3) is 0 Å². The molecule has 0 aliphatic heterocycles. The smallest absolute Gasteiger partial charge is 0.404 e. The van der Waals surface area contributed by atoms with Gasteiger partial charge in [-0.05, 0) is 6.92 Å². The molecule has 0 bridgehead atoms. The number of hydrogen-bond acceptors (Lipinski definition) is 4. The molecule has 0 aromatic carbocycles. The van der Waals surface area contributed by atoms with Gasteiger partial charge in [-0.3, -0.25) is 0 Å². The van der Waals surface area contributed by atoms with E-state index in [1.54, 1.807) is 6.92 Å². The number of carbonyl (C=O) groups excluding carboxylic acids is 2. The quantitative estimate of drug-likeness (QED) is 0.502. The fraction of sp³-hybridized carbons (Fsp3) is 0.714. The largest absolute Gasteiger partial charge is 0.463 e. The minimum atomic E-state index is -1.06. The van der Waals surface area contributed by atoms with Crippen molar-refractivity contribution in [3.8, 4) is 0 Å². The summed E-state index contributed by atoms with van der Waals surface area (Å²) in [4.78, 5) is 21.4. The molecule has 0 atom stereocenters. The lowest BCUT2D eigenvalue weighted by atomic mass is 10.3. The summed E-state index contributed by atoms with van der Waals surface area (Å²) in [5, 5.41) is 0. The van der Waals surface area contributed by atoms with Crippen molar-refractivity contribution in [2.45, 2.75) is 25.4 Å². The SMILES string of the molecule is CCOC(=O)C1(OC(=O)Cl)CC1. The van der Waals surface area contributed by atoms with Crippen molar-refractivity contribution >= 4 is 23.0 Å². The Labute approximate surface area is 74.8 Å². The lowest BCUT2D eigenvalue weighted by molar-refractivity contribution is -0.155. The lowest BCUT2D eigenvalue weighted by Gasteiger charge is -2.11. The van der Waals surface area contributed by atoms with Crippen molar-refractivity contribution in [1.82, 2.24) is 0 Å². The average molecular weight is 193 g/mol. The zero-order valence-corrected chi connectivity index (χ0v) is 7.39. The molecule has 1 aliphatic rings. The molecule has 0 heterocycles. The summed E-state index contributed by atoms with van der Waals surface area (Å²) >= 11 is 4.98. The molecule has 0 amide bonds. The summed E-state index contributed by atoms with van der Waals surface area (Å²) in [7, 11) is 0. The highest BCUT2D eigenvalue weighted by Crippen LogP contribution is 2.41. The Balaban J connectivity index is 2.48. The molecule has 1 saturated carbocycles. The van der Waals surface area contributed by atoms with Crippen LogP contribution in [0.1, 0.15) is 19.8 Å². The highest BCUT2D eigenvalue weighted by atomic mass is 35.5. The van der Waals surface area contributed by atoms with Crippen molar-refractivity contribution in [1.29, 1.82) is 0 Å². The standard InChI is InChI=1S/C7H9ClO4/c1-2-11-5(9)7(3-4-7)12-6(8)10/h2-4H2,1H3. The van der Waals surface area contributed by atoms with Gasteiger partial charge in [0, 0.05) is 24.4 Å². The Morgan fingerprint density at radius 2 is 2.08 bits per heavy atom. The van der Waals surface area contributed by atoms with Gasteiger partial charge in [0.25, 0.3) is 0 Å². The predicted molar refractivity (Wildman–Crippen MR) is 40.9 cm³/mol. The highest BCUT2D eigenvalue weighted by Gasteiger charge is 2.55. The number of ether oxygens (including phenoxy) is 2. The first-order valence-corrected chi connectivity index (χ1v) is 4.04. The van der Waals surface area contributed by atoms with Crippen molar-refractivity contribution in [3.63, 3.8) is 0 Å². The summed E-state index contributed by atoms with van der Waals surface area (Å²) < 4.78 is 9.31. The van der Waals surface area contributed by atoms with Crippen LogP contribution in [0.2, 0.25) is 0 Å². The number of esters is 1. The van der Waals surface area contributed by atoms with Gasteiger partial charge in [-0.15, -0.1) is 0 Å². The molecule has 12 heavy (non-hydrogen) atoms. The van der Waals surface area contributed by atoms with Crippen molar-refractivity contribution < 1.29 is 19.1 Å². The van der Waals surface area contributed by atoms with Crippen LogP contribution < -0.4 is 0 Å². The van der Waals surface area contributed by atoms with E-state index < -0.39 is 17.0 Å². The maximum Gasteiger partial charge on any atom is 0.404 e. The maximum absolute atomic E-state index is 11.1. The maximum atomic E-state index is 11.1. The monoisotopic (exact) mass is 192 g/mol. The molecule has 4 nitrogen and oxygen atoms in total. The molecular formula is C7H9ClO4. The summed E-state index contributed by atoms with van der Waals surface area (Å²) in [6, 6.07) is 0. The van der Waals surface area contributed by atoms with Crippen LogP contribution >= 0.6 is 11.6 Å². The Bertz CT molecular complexity index is 209. The van der Waals surface area contributed by atoms with Gasteiger partial charge in [0.1, 0.15) is 0 Å². The van der Waals surface area contributed by atoms with Gasteiger partial charge in [0.2, 0.25) is 5.60 Å². The van der Waals surface area contributed by atoms with Crippen molar-refractivity contribution in [3.05, 3.63) is 0 Å². The van der Waals surface area contributed by atoms with Gasteiger partial charge in [-0.1, -0.05) is 0 Å². The third-order valence-electron chi connectivity index (χ3n) is 1.63. The molecular weight excluding hydrogens is 184 g/mol. The minimum Gasteiger partial charge on any atom is -0.463 e. The topological polar surface area (TPSA) is 52.6 Å². The van der Waals surface area contributed by atoms with Crippen LogP contribution in [0.3, 0.4) is 0 Å². The van der Waals surface area contributed by atoms with Crippen LogP contribution in [-0.2, 0) is 14.3 Å². The molecule has 1 aliphatic carbocycles. The van der Waals surface area contributed by atoms with E-state index in [2.05, 4.69) is 4.74 Å². The normalized spacial score (nSPS) is 18.2. The van der Waals surface area contributed by atoms with Gasteiger partial charge < -0.3 is 9.47 Å². The molecule has 0 radical (unpaired) electrons. The molecule has 1 fully saturated rings. The second-order valence-corrected chi connectivity index (χ2v) is 2.86. The number of carbonyl (C=O) groups is 2. The van der Waals surface area contributed by atoms with Crippen molar-refractivity contribution in [2.75, 3.05) is 6.61 Å². The van der Waals surface area contributed by atoms with E-state index in [1.165, 1.54) is 0 Å². The van der Waals surface area contributed by atoms with E-state index in [9.17, 15) is 9.59 Å². The lowest BCUT2D eigenvalue weighted by Crippen LogP contribution is -2.29. The Morgan fingerprint density at radius 3 is 2.42 bits per heavy atom. The fourth-order valence-electron chi connectivity index (χ4n) is 0.878. The van der Waals surface area contributed by atoms with Gasteiger partial charge >= 0.3 is 11.4 Å². The Morgan fingerprint density at radius 1 is 1.50 bits per heavy atom. The van der Waals surface area contributed by atoms with E-state index in [4.69, 9.17) is 16.3 Å². The van der Waals surface area contributed by atoms with Crippen LogP contribution in [0, 0.1) is 0 Å². The van der Waals surface area contributed by atoms with E-state index in [-0.39, 0.29) is 6.61 Å². The highest BCUT2D eigenvalue weighted by molar-refractivity contribution is 6.61. The first-order chi connectivity index (χ1) is 5.60. The Hall–Kier alpha value is -0.770. The molecule has 1 rings (SSSR count). The zero-order valence-electron chi connectivity index (χ0n) is 6.63. The van der Waals surface area contributed by atoms with Gasteiger partial charge in [-0.2, -0.15) is 0 Å². The molecule has 68 valence electrons. The van der Waals surface area contributed by atoms with Crippen molar-refractivity contribution in [2.24, 2.45) is 0 Å². The molecule has 5 heteroatoms. The first-order valence-electron chi connectivity index (χ1n) is 3.66. The van der Waals surface area contributed by atoms with Gasteiger partial charge in [0.15, 0.2) is 0 Å². The van der Waals surface area contributed by atoms with Crippen LogP contribution in [-0.4, -0.2) is 23.6 Å². The zero-order chi connectivity index (χ0) is 9.19. The second kappa shape index (κ2) is 3.31. The third-order valence-corrected chi connectivity index (χ3v) is 1.70. The predicted octanol–water partition coefficient (Wildman–Crippen LogP) is 1.46. The van der Waals surface area contributed by atoms with E-state index >= 15 is 0 Å². The second-order valence-electron chi connectivity index (χ2n) is 2.55. The Kier molecular flexibility index (Phi) is 2.57. The molecule has 0 spiro atoms. The minimum absolute atomic E-state index is 0.278.